The summed E-state index contributed by atoms with van der Waals surface area (Å²) in [6, 6.07) is 14.1. The van der Waals surface area contributed by atoms with Gasteiger partial charge in [-0.05, 0) is 38.0 Å². The average Bonchev–Trinajstić information content (AvgIpc) is 2.90. The number of nitrogens with zero attached hydrogens (tertiary/aromatic N) is 2. The number of hydrazone groups is 1. The molecule has 0 spiro atoms. The Hall–Kier alpha value is -3.32. The Balaban J connectivity index is 1.77. The van der Waals surface area contributed by atoms with Crippen molar-refractivity contribution in [3.8, 4) is 12.3 Å². The van der Waals surface area contributed by atoms with Crippen LogP contribution in [0.1, 0.15) is 27.9 Å². The van der Waals surface area contributed by atoms with Crippen molar-refractivity contribution in [3.63, 3.8) is 0 Å². The van der Waals surface area contributed by atoms with Crippen LogP contribution in [0.4, 0.5) is 0 Å². The predicted octanol–water partition coefficient (Wildman–Crippen LogP) is 3.89. The summed E-state index contributed by atoms with van der Waals surface area (Å²) in [7, 11) is 0. The van der Waals surface area contributed by atoms with Crippen LogP contribution in [0.15, 0.2) is 47.6 Å². The molecule has 0 aliphatic carbocycles. The lowest BCUT2D eigenvalue weighted by Gasteiger charge is -2.05. The van der Waals surface area contributed by atoms with E-state index in [4.69, 9.17) is 6.42 Å². The summed E-state index contributed by atoms with van der Waals surface area (Å²) in [4.78, 5) is 12.2. The van der Waals surface area contributed by atoms with E-state index in [1.165, 1.54) is 5.56 Å². The summed E-state index contributed by atoms with van der Waals surface area (Å²) in [5.74, 6) is 2.55. The third-order valence-corrected chi connectivity index (χ3v) is 4.76. The molecule has 27 heavy (non-hydrogen) atoms. The minimum Gasteiger partial charge on any atom is -0.333 e. The molecule has 0 atom stereocenters. The first-order valence-corrected chi connectivity index (χ1v) is 8.90. The lowest BCUT2D eigenvalue weighted by molar-refractivity contribution is -0.120. The molecule has 136 valence electrons. The summed E-state index contributed by atoms with van der Waals surface area (Å²) in [5.41, 5.74) is 9.01. The van der Waals surface area contributed by atoms with Crippen LogP contribution in [0.3, 0.4) is 0 Å². The molecule has 0 saturated heterocycles. The molecule has 3 rings (SSSR count). The molecule has 1 heterocycles. The Labute approximate surface area is 159 Å². The van der Waals surface area contributed by atoms with Gasteiger partial charge >= 0.3 is 0 Å². The maximum atomic E-state index is 12.2. The number of terminal acetylenes is 1. The Morgan fingerprint density at radius 3 is 2.74 bits per heavy atom. The van der Waals surface area contributed by atoms with E-state index in [9.17, 15) is 4.79 Å². The molecular formula is C23H23N3O. The van der Waals surface area contributed by atoms with Crippen molar-refractivity contribution < 1.29 is 4.79 Å². The number of carbonyl (C=O) groups excluding carboxylic acids is 1. The van der Waals surface area contributed by atoms with Crippen molar-refractivity contribution in [1.29, 1.82) is 0 Å². The van der Waals surface area contributed by atoms with E-state index < -0.39 is 0 Å². The number of carbonyl (C=O) groups is 1. The van der Waals surface area contributed by atoms with E-state index in [-0.39, 0.29) is 5.91 Å². The molecule has 0 saturated carbocycles. The van der Waals surface area contributed by atoms with E-state index in [2.05, 4.69) is 27.1 Å². The summed E-state index contributed by atoms with van der Waals surface area (Å²) in [5, 5.41) is 5.25. The van der Waals surface area contributed by atoms with E-state index in [0.29, 0.717) is 13.0 Å². The number of fused-ring (bicyclic) bond motifs is 1. The third-order valence-electron chi connectivity index (χ3n) is 4.76. The first kappa shape index (κ1) is 18.5. The highest BCUT2D eigenvalue weighted by Gasteiger charge is 2.11. The van der Waals surface area contributed by atoms with Gasteiger partial charge < -0.3 is 4.57 Å². The Morgan fingerprint density at radius 1 is 1.22 bits per heavy atom. The molecule has 0 bridgehead atoms. The Bertz CT molecular complexity index is 1070. The van der Waals surface area contributed by atoms with E-state index in [1.807, 2.05) is 57.2 Å². The molecule has 1 aromatic heterocycles. The van der Waals surface area contributed by atoms with Gasteiger partial charge in [0.25, 0.3) is 0 Å². The number of nitrogens with one attached hydrogen (secondary N) is 1. The van der Waals surface area contributed by atoms with E-state index in [1.54, 1.807) is 6.21 Å². The highest BCUT2D eigenvalue weighted by atomic mass is 16.2. The topological polar surface area (TPSA) is 46.4 Å². The molecular weight excluding hydrogens is 334 g/mol. The number of hydrogen-bond acceptors (Lipinski definition) is 2. The molecule has 4 heteroatoms. The number of amides is 1. The summed E-state index contributed by atoms with van der Waals surface area (Å²) < 4.78 is 2.08. The molecule has 0 fully saturated rings. The van der Waals surface area contributed by atoms with Crippen LogP contribution >= 0.6 is 0 Å². The summed E-state index contributed by atoms with van der Waals surface area (Å²) in [6.07, 6.45) is 7.51. The zero-order valence-corrected chi connectivity index (χ0v) is 15.9. The second-order valence-electron chi connectivity index (χ2n) is 6.71. The number of aromatic nitrogens is 1. The van der Waals surface area contributed by atoms with Crippen molar-refractivity contribution in [2.75, 3.05) is 0 Å². The molecule has 0 radical (unpaired) electrons. The van der Waals surface area contributed by atoms with Crippen LogP contribution < -0.4 is 5.43 Å². The molecule has 2 aromatic carbocycles. The van der Waals surface area contributed by atoms with E-state index in [0.717, 1.165) is 33.3 Å². The first-order chi connectivity index (χ1) is 13.0. The van der Waals surface area contributed by atoms with Gasteiger partial charge in [0.15, 0.2) is 0 Å². The molecule has 3 aromatic rings. The predicted molar refractivity (Wildman–Crippen MR) is 111 cm³/mol. The van der Waals surface area contributed by atoms with Crippen molar-refractivity contribution >= 4 is 23.0 Å². The normalized spacial score (nSPS) is 11.0. The molecule has 1 amide bonds. The number of hydrogen-bond donors (Lipinski definition) is 1. The Morgan fingerprint density at radius 2 is 2.00 bits per heavy atom. The number of para-hydroxylation sites is 1. The molecule has 0 aliphatic rings. The van der Waals surface area contributed by atoms with Crippen molar-refractivity contribution in [1.82, 2.24) is 9.99 Å². The minimum absolute atomic E-state index is 0.136. The fourth-order valence-electron chi connectivity index (χ4n) is 3.34. The standard InChI is InChI=1S/C23H23N3O/c1-5-12-26-18(4)21(20-8-6-7-9-22(20)26)15-24-25-23(27)14-19-11-10-16(2)13-17(19)3/h1,6-11,13,15H,12,14H2,2-4H3,(H,25,27)/b24-15+. The zero-order chi connectivity index (χ0) is 19.4. The van der Waals surface area contributed by atoms with Crippen LogP contribution in [-0.4, -0.2) is 16.7 Å². The highest BCUT2D eigenvalue weighted by Crippen LogP contribution is 2.24. The van der Waals surface area contributed by atoms with Crippen molar-refractivity contribution in [2.24, 2.45) is 5.10 Å². The molecule has 4 nitrogen and oxygen atoms in total. The van der Waals surface area contributed by atoms with Gasteiger partial charge in [0.1, 0.15) is 0 Å². The fourth-order valence-corrected chi connectivity index (χ4v) is 3.34. The van der Waals surface area contributed by atoms with Gasteiger partial charge in [0.2, 0.25) is 5.91 Å². The number of rotatable bonds is 5. The lowest BCUT2D eigenvalue weighted by Crippen LogP contribution is -2.20. The van der Waals surface area contributed by atoms with Gasteiger partial charge in [-0.1, -0.05) is 47.9 Å². The SMILES string of the molecule is C#CCn1c(C)c(/C=N/NC(=O)Cc2ccc(C)cc2C)c2ccccc21. The van der Waals surface area contributed by atoms with Crippen LogP contribution in [0.2, 0.25) is 0 Å². The van der Waals surface area contributed by atoms with Gasteiger partial charge in [-0.15, -0.1) is 6.42 Å². The van der Waals surface area contributed by atoms with Gasteiger partial charge in [-0.25, -0.2) is 5.43 Å². The van der Waals surface area contributed by atoms with E-state index >= 15 is 0 Å². The van der Waals surface area contributed by atoms with Crippen LogP contribution in [0.5, 0.6) is 0 Å². The monoisotopic (exact) mass is 357 g/mol. The first-order valence-electron chi connectivity index (χ1n) is 8.90. The van der Waals surface area contributed by atoms with Crippen molar-refractivity contribution in [3.05, 3.63) is 70.4 Å². The maximum absolute atomic E-state index is 12.2. The van der Waals surface area contributed by atoms with Gasteiger partial charge in [-0.2, -0.15) is 5.10 Å². The van der Waals surface area contributed by atoms with Crippen molar-refractivity contribution in [2.45, 2.75) is 33.7 Å². The van der Waals surface area contributed by atoms with Crippen LogP contribution in [0.25, 0.3) is 10.9 Å². The molecule has 0 aliphatic heterocycles. The largest absolute Gasteiger partial charge is 0.333 e. The lowest BCUT2D eigenvalue weighted by atomic mass is 10.0. The van der Waals surface area contributed by atoms with Crippen LogP contribution in [0, 0.1) is 33.1 Å². The van der Waals surface area contributed by atoms with Gasteiger partial charge in [0, 0.05) is 22.2 Å². The zero-order valence-electron chi connectivity index (χ0n) is 15.9. The fraction of sp³-hybridized carbons (Fsp3) is 0.217. The molecule has 0 unspecified atom stereocenters. The summed E-state index contributed by atoms with van der Waals surface area (Å²) >= 11 is 0. The third kappa shape index (κ3) is 3.93. The van der Waals surface area contributed by atoms with Crippen LogP contribution in [-0.2, 0) is 17.8 Å². The smallest absolute Gasteiger partial charge is 0.244 e. The number of aryl methyl sites for hydroxylation is 2. The second kappa shape index (κ2) is 7.92. The van der Waals surface area contributed by atoms with Gasteiger partial charge in [-0.3, -0.25) is 4.79 Å². The minimum atomic E-state index is -0.136. The summed E-state index contributed by atoms with van der Waals surface area (Å²) in [6.45, 7) is 6.57. The van der Waals surface area contributed by atoms with Gasteiger partial charge in [0.05, 0.1) is 19.2 Å². The Kier molecular flexibility index (Phi) is 5.42. The maximum Gasteiger partial charge on any atom is 0.244 e. The molecule has 1 N–H and O–H groups in total. The quantitative estimate of drug-likeness (QED) is 0.420. The number of benzene rings is 2. The second-order valence-corrected chi connectivity index (χ2v) is 6.71. The average molecular weight is 357 g/mol. The highest BCUT2D eigenvalue weighted by molar-refractivity contribution is 6.01.